The first-order chi connectivity index (χ1) is 7.99. The molecular weight excluding hydrogens is 220 g/mol. The summed E-state index contributed by atoms with van der Waals surface area (Å²) < 4.78 is 5.48. The molecule has 17 heavy (non-hydrogen) atoms. The molecule has 1 heterocycles. The summed E-state index contributed by atoms with van der Waals surface area (Å²) >= 11 is 0. The normalized spacial score (nSPS) is 11.9. The summed E-state index contributed by atoms with van der Waals surface area (Å²) in [6.07, 6.45) is 0. The van der Waals surface area contributed by atoms with Crippen molar-refractivity contribution < 1.29 is 14.3 Å². The van der Waals surface area contributed by atoms with E-state index < -0.39 is 11.5 Å². The van der Waals surface area contributed by atoms with Crippen LogP contribution in [0.3, 0.4) is 0 Å². The monoisotopic (exact) mass is 234 g/mol. The first kappa shape index (κ1) is 11.6. The van der Waals surface area contributed by atoms with Gasteiger partial charge < -0.3 is 9.52 Å². The number of carboxylic acids is 1. The van der Waals surface area contributed by atoms with E-state index in [0.717, 1.165) is 5.52 Å². The predicted molar refractivity (Wildman–Crippen MR) is 62.6 cm³/mol. The molecule has 0 atom stereocenters. The highest BCUT2D eigenvalue weighted by Gasteiger charge is 2.26. The minimum atomic E-state index is -0.999. The Bertz CT molecular complexity index is 512. The maximum Gasteiger partial charge on any atom is 0.323 e. The summed E-state index contributed by atoms with van der Waals surface area (Å²) in [6, 6.07) is 7.42. The third kappa shape index (κ3) is 2.45. The van der Waals surface area contributed by atoms with Crippen molar-refractivity contribution in [2.75, 3.05) is 0 Å². The number of hydrogen-bond donors (Lipinski definition) is 2. The lowest BCUT2D eigenvalue weighted by molar-refractivity contribution is -0.143. The van der Waals surface area contributed by atoms with Crippen molar-refractivity contribution in [1.82, 2.24) is 10.3 Å². The molecule has 0 spiro atoms. The van der Waals surface area contributed by atoms with Gasteiger partial charge in [0.05, 0.1) is 6.54 Å². The minimum Gasteiger partial charge on any atom is -0.480 e. The van der Waals surface area contributed by atoms with Crippen molar-refractivity contribution in [2.24, 2.45) is 0 Å². The summed E-state index contributed by atoms with van der Waals surface area (Å²) in [5.74, 6) is -0.422. The molecule has 0 aliphatic rings. The molecule has 1 aromatic heterocycles. The topological polar surface area (TPSA) is 75.4 Å². The van der Waals surface area contributed by atoms with Gasteiger partial charge >= 0.3 is 5.97 Å². The van der Waals surface area contributed by atoms with Gasteiger partial charge in [-0.2, -0.15) is 0 Å². The Morgan fingerprint density at radius 3 is 2.82 bits per heavy atom. The van der Waals surface area contributed by atoms with Gasteiger partial charge in [0.1, 0.15) is 11.1 Å². The fourth-order valence-electron chi connectivity index (χ4n) is 1.37. The van der Waals surface area contributed by atoms with Gasteiger partial charge in [0, 0.05) is 0 Å². The van der Waals surface area contributed by atoms with E-state index in [2.05, 4.69) is 10.3 Å². The summed E-state index contributed by atoms with van der Waals surface area (Å²) in [5, 5.41) is 11.8. The fraction of sp³-hybridized carbons (Fsp3) is 0.333. The van der Waals surface area contributed by atoms with Crippen LogP contribution in [0.4, 0.5) is 0 Å². The third-order valence-electron chi connectivity index (χ3n) is 2.55. The quantitative estimate of drug-likeness (QED) is 0.843. The number of fused-ring (bicyclic) bond motifs is 1. The van der Waals surface area contributed by atoms with E-state index in [0.29, 0.717) is 11.5 Å². The number of aromatic nitrogens is 1. The lowest BCUT2D eigenvalue weighted by atomic mass is 10.1. The SMILES string of the molecule is CC(C)(NCc1nc2ccccc2o1)C(=O)O. The van der Waals surface area contributed by atoms with Crippen LogP contribution in [-0.4, -0.2) is 21.6 Å². The van der Waals surface area contributed by atoms with Crippen LogP contribution in [0.2, 0.25) is 0 Å². The van der Waals surface area contributed by atoms with Gasteiger partial charge in [-0.3, -0.25) is 10.1 Å². The molecule has 0 amide bonds. The van der Waals surface area contributed by atoms with Gasteiger partial charge in [0.25, 0.3) is 0 Å². The maximum absolute atomic E-state index is 10.9. The average molecular weight is 234 g/mol. The number of para-hydroxylation sites is 2. The Hall–Kier alpha value is -1.88. The highest BCUT2D eigenvalue weighted by atomic mass is 16.4. The molecule has 5 nitrogen and oxygen atoms in total. The number of benzene rings is 1. The average Bonchev–Trinajstić information content (AvgIpc) is 2.69. The number of oxazole rings is 1. The van der Waals surface area contributed by atoms with Gasteiger partial charge in [-0.15, -0.1) is 0 Å². The molecule has 0 unspecified atom stereocenters. The second kappa shape index (κ2) is 4.18. The Labute approximate surface area is 98.5 Å². The number of carbonyl (C=O) groups is 1. The lowest BCUT2D eigenvalue weighted by Gasteiger charge is -2.19. The van der Waals surface area contributed by atoms with Crippen LogP contribution in [0.25, 0.3) is 11.1 Å². The molecule has 1 aromatic carbocycles. The molecule has 5 heteroatoms. The van der Waals surface area contributed by atoms with E-state index in [1.807, 2.05) is 24.3 Å². The second-order valence-corrected chi connectivity index (χ2v) is 4.36. The van der Waals surface area contributed by atoms with Crippen molar-refractivity contribution in [3.05, 3.63) is 30.2 Å². The van der Waals surface area contributed by atoms with Crippen LogP contribution in [0.1, 0.15) is 19.7 Å². The van der Waals surface area contributed by atoms with Crippen LogP contribution in [0.5, 0.6) is 0 Å². The maximum atomic E-state index is 10.9. The van der Waals surface area contributed by atoms with Crippen molar-refractivity contribution in [2.45, 2.75) is 25.9 Å². The Morgan fingerprint density at radius 2 is 2.18 bits per heavy atom. The third-order valence-corrected chi connectivity index (χ3v) is 2.55. The molecule has 0 saturated carbocycles. The van der Waals surface area contributed by atoms with E-state index >= 15 is 0 Å². The molecule has 2 rings (SSSR count). The summed E-state index contributed by atoms with van der Waals surface area (Å²) in [5.41, 5.74) is 0.482. The van der Waals surface area contributed by atoms with Gasteiger partial charge in [-0.1, -0.05) is 12.1 Å². The van der Waals surface area contributed by atoms with Crippen molar-refractivity contribution in [1.29, 1.82) is 0 Å². The van der Waals surface area contributed by atoms with Crippen LogP contribution >= 0.6 is 0 Å². The standard InChI is InChI=1S/C12H14N2O3/c1-12(2,11(15)16)13-7-10-14-8-5-3-4-6-9(8)17-10/h3-6,13H,7H2,1-2H3,(H,15,16). The molecular formula is C12H14N2O3. The molecule has 0 radical (unpaired) electrons. The number of aliphatic carboxylic acids is 1. The van der Waals surface area contributed by atoms with Crippen LogP contribution in [-0.2, 0) is 11.3 Å². The van der Waals surface area contributed by atoms with Gasteiger partial charge in [0.2, 0.25) is 5.89 Å². The molecule has 2 aromatic rings. The lowest BCUT2D eigenvalue weighted by Crippen LogP contribution is -2.46. The first-order valence-corrected chi connectivity index (χ1v) is 5.32. The highest BCUT2D eigenvalue weighted by molar-refractivity contribution is 5.77. The summed E-state index contributed by atoms with van der Waals surface area (Å²) in [7, 11) is 0. The number of carboxylic acid groups (broad SMARTS) is 1. The number of nitrogens with zero attached hydrogens (tertiary/aromatic N) is 1. The van der Waals surface area contributed by atoms with E-state index in [4.69, 9.17) is 9.52 Å². The smallest absolute Gasteiger partial charge is 0.323 e. The van der Waals surface area contributed by atoms with Crippen molar-refractivity contribution >= 4 is 17.1 Å². The fourth-order valence-corrected chi connectivity index (χ4v) is 1.37. The second-order valence-electron chi connectivity index (χ2n) is 4.36. The molecule has 0 aliphatic heterocycles. The van der Waals surface area contributed by atoms with Gasteiger partial charge in [0.15, 0.2) is 5.58 Å². The van der Waals surface area contributed by atoms with Gasteiger partial charge in [-0.05, 0) is 26.0 Å². The Morgan fingerprint density at radius 1 is 1.47 bits per heavy atom. The zero-order valence-corrected chi connectivity index (χ0v) is 9.73. The van der Waals surface area contributed by atoms with Gasteiger partial charge in [-0.25, -0.2) is 4.98 Å². The Balaban J connectivity index is 2.12. The van der Waals surface area contributed by atoms with Crippen LogP contribution in [0.15, 0.2) is 28.7 Å². The van der Waals surface area contributed by atoms with E-state index in [1.54, 1.807) is 13.8 Å². The zero-order chi connectivity index (χ0) is 12.5. The number of rotatable bonds is 4. The summed E-state index contributed by atoms with van der Waals surface area (Å²) in [6.45, 7) is 3.48. The van der Waals surface area contributed by atoms with Crippen LogP contribution < -0.4 is 5.32 Å². The minimum absolute atomic E-state index is 0.286. The Kier molecular flexibility index (Phi) is 2.85. The van der Waals surface area contributed by atoms with Crippen molar-refractivity contribution in [3.8, 4) is 0 Å². The van der Waals surface area contributed by atoms with Crippen LogP contribution in [0, 0.1) is 0 Å². The molecule has 0 bridgehead atoms. The molecule has 0 aliphatic carbocycles. The van der Waals surface area contributed by atoms with E-state index in [-0.39, 0.29) is 6.54 Å². The number of hydrogen-bond acceptors (Lipinski definition) is 4. The molecule has 2 N–H and O–H groups in total. The highest BCUT2D eigenvalue weighted by Crippen LogP contribution is 2.15. The number of nitrogens with one attached hydrogen (secondary N) is 1. The molecule has 90 valence electrons. The molecule has 0 saturated heterocycles. The summed E-state index contributed by atoms with van der Waals surface area (Å²) in [4.78, 5) is 15.2. The van der Waals surface area contributed by atoms with Crippen molar-refractivity contribution in [3.63, 3.8) is 0 Å². The van der Waals surface area contributed by atoms with E-state index in [1.165, 1.54) is 0 Å². The molecule has 0 fully saturated rings. The van der Waals surface area contributed by atoms with E-state index in [9.17, 15) is 4.79 Å². The largest absolute Gasteiger partial charge is 0.480 e. The zero-order valence-electron chi connectivity index (χ0n) is 9.73. The first-order valence-electron chi connectivity index (χ1n) is 5.32. The predicted octanol–water partition coefficient (Wildman–Crippen LogP) is 1.78.